The van der Waals surface area contributed by atoms with Crippen LogP contribution in [0.1, 0.15) is 18.9 Å². The zero-order valence-electron chi connectivity index (χ0n) is 18.5. The predicted octanol–water partition coefficient (Wildman–Crippen LogP) is 2.36. The molecule has 0 saturated carbocycles. The molecular weight excluding hydrogens is 434 g/mol. The third kappa shape index (κ3) is 5.92. The molecule has 0 radical (unpaired) electrons. The monoisotopic (exact) mass is 463 g/mol. The van der Waals surface area contributed by atoms with Gasteiger partial charge < -0.3 is 24.2 Å². The Balaban J connectivity index is 1.65. The molecule has 0 aliphatic carbocycles. The van der Waals surface area contributed by atoms with Crippen LogP contribution in [0.2, 0.25) is 0 Å². The van der Waals surface area contributed by atoms with E-state index in [9.17, 15) is 18.3 Å². The lowest BCUT2D eigenvalue weighted by molar-refractivity contribution is -0.122. The second-order valence-electron chi connectivity index (χ2n) is 7.70. The fourth-order valence-corrected chi connectivity index (χ4v) is 4.31. The molecule has 174 valence electrons. The fourth-order valence-electron chi connectivity index (χ4n) is 3.39. The number of methoxy groups -OCH3 is 1. The second kappa shape index (κ2) is 10.2. The number of carbonyl (C=O) groups is 1. The van der Waals surface area contributed by atoms with Crippen LogP contribution in [0.15, 0.2) is 42.5 Å². The maximum absolute atomic E-state index is 12.9. The third-order valence-electron chi connectivity index (χ3n) is 5.23. The van der Waals surface area contributed by atoms with Gasteiger partial charge in [0.05, 0.1) is 12.9 Å². The Hall–Kier alpha value is -2.78. The first kappa shape index (κ1) is 23.9. The van der Waals surface area contributed by atoms with E-state index in [1.54, 1.807) is 23.1 Å². The van der Waals surface area contributed by atoms with Crippen molar-refractivity contribution < 1.29 is 32.5 Å². The van der Waals surface area contributed by atoms with E-state index in [1.807, 2.05) is 31.2 Å². The Morgan fingerprint density at radius 3 is 2.53 bits per heavy atom. The Kier molecular flexibility index (Phi) is 7.63. The van der Waals surface area contributed by atoms with E-state index in [0.717, 1.165) is 5.56 Å². The van der Waals surface area contributed by atoms with Crippen LogP contribution in [-0.2, 0) is 14.6 Å². The Bertz CT molecular complexity index is 1040. The van der Waals surface area contributed by atoms with Gasteiger partial charge in [-0.25, -0.2) is 8.42 Å². The minimum Gasteiger partial charge on any atom is -0.493 e. The van der Waals surface area contributed by atoms with Crippen LogP contribution in [0, 0.1) is 6.92 Å². The van der Waals surface area contributed by atoms with Gasteiger partial charge in [0.1, 0.15) is 18.5 Å². The molecule has 1 aliphatic rings. The van der Waals surface area contributed by atoms with Crippen molar-refractivity contribution in [2.75, 3.05) is 36.7 Å². The number of rotatable bonds is 10. The molecule has 3 rings (SSSR count). The molecule has 1 N–H and O–H groups in total. The van der Waals surface area contributed by atoms with Crippen LogP contribution in [0.25, 0.3) is 0 Å². The van der Waals surface area contributed by atoms with Crippen molar-refractivity contribution in [2.45, 2.75) is 32.5 Å². The van der Waals surface area contributed by atoms with Gasteiger partial charge in [-0.1, -0.05) is 24.6 Å². The molecule has 1 aliphatic heterocycles. The quantitative estimate of drug-likeness (QED) is 0.577. The summed E-state index contributed by atoms with van der Waals surface area (Å²) < 4.78 is 40.1. The van der Waals surface area contributed by atoms with E-state index < -0.39 is 22.0 Å². The zero-order chi connectivity index (χ0) is 23.3. The van der Waals surface area contributed by atoms with Gasteiger partial charge >= 0.3 is 0 Å². The lowest BCUT2D eigenvalue weighted by atomic mass is 10.2. The van der Waals surface area contributed by atoms with E-state index in [1.165, 1.54) is 14.0 Å². The van der Waals surface area contributed by atoms with Gasteiger partial charge in [0.15, 0.2) is 27.4 Å². The smallest absolute Gasteiger partial charge is 0.268 e. The molecule has 32 heavy (non-hydrogen) atoms. The summed E-state index contributed by atoms with van der Waals surface area (Å²) in [4.78, 5) is 14.5. The van der Waals surface area contributed by atoms with Crippen LogP contribution >= 0.6 is 0 Å². The predicted molar refractivity (Wildman–Crippen MR) is 121 cm³/mol. The number of sulfone groups is 1. The average molecular weight is 464 g/mol. The molecule has 0 spiro atoms. The number of anilines is 1. The number of benzene rings is 2. The highest BCUT2D eigenvalue weighted by atomic mass is 32.2. The van der Waals surface area contributed by atoms with Gasteiger partial charge in [-0.15, -0.1) is 0 Å². The van der Waals surface area contributed by atoms with Gasteiger partial charge in [-0.05, 0) is 31.2 Å². The summed E-state index contributed by atoms with van der Waals surface area (Å²) in [6.07, 6.45) is -1.15. The molecule has 0 bridgehead atoms. The van der Waals surface area contributed by atoms with E-state index in [2.05, 4.69) is 0 Å². The van der Waals surface area contributed by atoms with Crippen LogP contribution in [0.5, 0.6) is 17.2 Å². The molecule has 1 saturated heterocycles. The number of hydrogen-bond donors (Lipinski definition) is 1. The second-order valence-corrected chi connectivity index (χ2v) is 10.1. The maximum Gasteiger partial charge on any atom is 0.268 e. The van der Waals surface area contributed by atoms with Crippen molar-refractivity contribution in [3.05, 3.63) is 48.0 Å². The van der Waals surface area contributed by atoms with Gasteiger partial charge in [-0.3, -0.25) is 4.79 Å². The van der Waals surface area contributed by atoms with Crippen LogP contribution in [0.3, 0.4) is 0 Å². The van der Waals surface area contributed by atoms with E-state index in [4.69, 9.17) is 14.2 Å². The normalized spacial score (nSPS) is 17.3. The van der Waals surface area contributed by atoms with E-state index in [-0.39, 0.29) is 24.0 Å². The lowest BCUT2D eigenvalue weighted by Crippen LogP contribution is -2.32. The lowest BCUT2D eigenvalue weighted by Gasteiger charge is -2.20. The SMILES string of the molecule is CCS(=O)(=O)C[C@@H](O)COc1ccc(N2CCC(Oc3ccc(C)cc3)C2=O)cc1OC. The summed E-state index contributed by atoms with van der Waals surface area (Å²) in [6, 6.07) is 12.6. The molecule has 0 aromatic heterocycles. The van der Waals surface area contributed by atoms with Gasteiger partial charge in [0.2, 0.25) is 0 Å². The highest BCUT2D eigenvalue weighted by Gasteiger charge is 2.34. The Labute approximate surface area is 188 Å². The fraction of sp³-hybridized carbons (Fsp3) is 0.435. The molecule has 9 heteroatoms. The molecule has 8 nitrogen and oxygen atoms in total. The first-order valence-corrected chi connectivity index (χ1v) is 12.3. The minimum absolute atomic E-state index is 0.0411. The van der Waals surface area contributed by atoms with Crippen molar-refractivity contribution in [1.82, 2.24) is 0 Å². The number of aliphatic hydroxyl groups is 1. The zero-order valence-corrected chi connectivity index (χ0v) is 19.3. The van der Waals surface area contributed by atoms with E-state index >= 15 is 0 Å². The molecule has 1 amide bonds. The van der Waals surface area contributed by atoms with Gasteiger partial charge in [0, 0.05) is 30.5 Å². The molecule has 1 unspecified atom stereocenters. The first-order valence-electron chi connectivity index (χ1n) is 10.5. The minimum atomic E-state index is -3.31. The van der Waals surface area contributed by atoms with Crippen molar-refractivity contribution in [3.8, 4) is 17.2 Å². The van der Waals surface area contributed by atoms with Gasteiger partial charge in [-0.2, -0.15) is 0 Å². The van der Waals surface area contributed by atoms with Crippen LogP contribution < -0.4 is 19.1 Å². The molecule has 2 atom stereocenters. The Morgan fingerprint density at radius 1 is 1.16 bits per heavy atom. The highest BCUT2D eigenvalue weighted by Crippen LogP contribution is 2.34. The average Bonchev–Trinajstić information content (AvgIpc) is 3.13. The van der Waals surface area contributed by atoms with Crippen molar-refractivity contribution in [1.29, 1.82) is 0 Å². The number of hydrogen-bond acceptors (Lipinski definition) is 7. The maximum atomic E-state index is 12.9. The van der Waals surface area contributed by atoms with Crippen molar-refractivity contribution >= 4 is 21.4 Å². The number of ether oxygens (including phenoxy) is 3. The first-order chi connectivity index (χ1) is 15.2. The molecule has 2 aromatic carbocycles. The number of carbonyl (C=O) groups excluding carboxylic acids is 1. The summed E-state index contributed by atoms with van der Waals surface area (Å²) in [5.41, 5.74) is 1.76. The summed E-state index contributed by atoms with van der Waals surface area (Å²) in [5, 5.41) is 9.96. The van der Waals surface area contributed by atoms with Crippen molar-refractivity contribution in [3.63, 3.8) is 0 Å². The number of nitrogens with zero attached hydrogens (tertiary/aromatic N) is 1. The molecule has 1 fully saturated rings. The third-order valence-corrected chi connectivity index (χ3v) is 7.00. The van der Waals surface area contributed by atoms with E-state index in [0.29, 0.717) is 35.9 Å². The molecular formula is C23H29NO7S. The molecule has 1 heterocycles. The summed E-state index contributed by atoms with van der Waals surface area (Å²) in [7, 11) is -1.84. The molecule has 2 aromatic rings. The summed E-state index contributed by atoms with van der Waals surface area (Å²) >= 11 is 0. The Morgan fingerprint density at radius 2 is 1.88 bits per heavy atom. The summed E-state index contributed by atoms with van der Waals surface area (Å²) in [6.45, 7) is 3.83. The topological polar surface area (TPSA) is 102 Å². The largest absolute Gasteiger partial charge is 0.493 e. The summed E-state index contributed by atoms with van der Waals surface area (Å²) in [5.74, 6) is 0.837. The highest BCUT2D eigenvalue weighted by molar-refractivity contribution is 7.91. The number of amides is 1. The van der Waals surface area contributed by atoms with Crippen LogP contribution in [-0.4, -0.2) is 63.4 Å². The van der Waals surface area contributed by atoms with Gasteiger partial charge in [0.25, 0.3) is 5.91 Å². The number of aliphatic hydroxyl groups excluding tert-OH is 1. The number of aryl methyl sites for hydroxylation is 1. The van der Waals surface area contributed by atoms with Crippen molar-refractivity contribution in [2.24, 2.45) is 0 Å². The standard InChI is InChI=1S/C23H29NO7S/c1-4-32(27,28)15-18(25)14-30-20-10-7-17(13-22(20)29-3)24-12-11-21(23(24)26)31-19-8-5-16(2)6-9-19/h5-10,13,18,21,25H,4,11-12,14-15H2,1-3H3/t18-,21?/m0/s1. The van der Waals surface area contributed by atoms with Crippen LogP contribution in [0.4, 0.5) is 5.69 Å².